The summed E-state index contributed by atoms with van der Waals surface area (Å²) in [6.07, 6.45) is 2.14. The second-order valence-electron chi connectivity index (χ2n) is 6.86. The molecule has 1 heterocycles. The number of carbonyl (C=O) groups is 2. The second kappa shape index (κ2) is 9.60. The van der Waals surface area contributed by atoms with Gasteiger partial charge in [0.05, 0.1) is 0 Å². The molecule has 1 aliphatic rings. The SMILES string of the molecule is CCCc1ccc(OCC(=O)N2CCN(C(=O)c3ccc(Cl)cc3)CC2)cc1. The molecule has 1 saturated heterocycles. The summed E-state index contributed by atoms with van der Waals surface area (Å²) in [6, 6.07) is 14.7. The number of benzene rings is 2. The number of nitrogens with zero attached hydrogens (tertiary/aromatic N) is 2. The third kappa shape index (κ3) is 5.26. The van der Waals surface area contributed by atoms with Gasteiger partial charge in [0.25, 0.3) is 11.8 Å². The van der Waals surface area contributed by atoms with Crippen molar-refractivity contribution in [3.8, 4) is 5.75 Å². The molecule has 0 bridgehead atoms. The van der Waals surface area contributed by atoms with Crippen LogP contribution < -0.4 is 4.74 Å². The number of rotatable bonds is 6. The fourth-order valence-corrected chi connectivity index (χ4v) is 3.34. The lowest BCUT2D eigenvalue weighted by atomic mass is 10.1. The van der Waals surface area contributed by atoms with Gasteiger partial charge in [-0.2, -0.15) is 0 Å². The number of piperazine rings is 1. The highest BCUT2D eigenvalue weighted by molar-refractivity contribution is 6.30. The van der Waals surface area contributed by atoms with E-state index in [-0.39, 0.29) is 18.4 Å². The summed E-state index contributed by atoms with van der Waals surface area (Å²) in [6.45, 7) is 4.20. The number of halogens is 1. The molecular formula is C22H25ClN2O3. The summed E-state index contributed by atoms with van der Waals surface area (Å²) in [5, 5.41) is 0.604. The van der Waals surface area contributed by atoms with Crippen molar-refractivity contribution < 1.29 is 14.3 Å². The monoisotopic (exact) mass is 400 g/mol. The van der Waals surface area contributed by atoms with E-state index in [1.807, 2.05) is 24.3 Å². The molecule has 0 unspecified atom stereocenters. The minimum absolute atomic E-state index is 0.0122. The summed E-state index contributed by atoms with van der Waals surface area (Å²) < 4.78 is 5.62. The van der Waals surface area contributed by atoms with Gasteiger partial charge < -0.3 is 14.5 Å². The van der Waals surface area contributed by atoms with Crippen molar-refractivity contribution >= 4 is 23.4 Å². The van der Waals surface area contributed by atoms with Crippen molar-refractivity contribution in [2.45, 2.75) is 19.8 Å². The van der Waals surface area contributed by atoms with Crippen LogP contribution in [0.1, 0.15) is 29.3 Å². The largest absolute Gasteiger partial charge is 0.484 e. The Morgan fingerprint density at radius 2 is 1.54 bits per heavy atom. The number of amides is 2. The zero-order valence-electron chi connectivity index (χ0n) is 16.1. The van der Waals surface area contributed by atoms with Crippen LogP contribution in [0.25, 0.3) is 0 Å². The van der Waals surface area contributed by atoms with Gasteiger partial charge in [0.15, 0.2) is 6.61 Å². The maximum atomic E-state index is 12.5. The Balaban J connectivity index is 1.45. The average Bonchev–Trinajstić information content (AvgIpc) is 2.73. The fraction of sp³-hybridized carbons (Fsp3) is 0.364. The molecule has 2 aromatic rings. The van der Waals surface area contributed by atoms with Gasteiger partial charge in [-0.05, 0) is 48.4 Å². The van der Waals surface area contributed by atoms with Gasteiger partial charge in [0.2, 0.25) is 0 Å². The zero-order valence-corrected chi connectivity index (χ0v) is 16.8. The van der Waals surface area contributed by atoms with Crippen LogP contribution in [0.3, 0.4) is 0 Å². The lowest BCUT2D eigenvalue weighted by Crippen LogP contribution is -2.51. The molecule has 0 aromatic heterocycles. The lowest BCUT2D eigenvalue weighted by Gasteiger charge is -2.34. The third-order valence-corrected chi connectivity index (χ3v) is 5.09. The van der Waals surface area contributed by atoms with Crippen molar-refractivity contribution in [1.82, 2.24) is 9.80 Å². The van der Waals surface area contributed by atoms with Crippen LogP contribution in [0, 0.1) is 0 Å². The van der Waals surface area contributed by atoms with Crippen LogP contribution in [-0.4, -0.2) is 54.4 Å². The molecule has 1 aliphatic heterocycles. The zero-order chi connectivity index (χ0) is 19.9. The van der Waals surface area contributed by atoms with E-state index in [0.717, 1.165) is 12.8 Å². The molecule has 2 aromatic carbocycles. The van der Waals surface area contributed by atoms with Crippen molar-refractivity contribution in [1.29, 1.82) is 0 Å². The minimum atomic E-state index is -0.0590. The number of carbonyl (C=O) groups excluding carboxylic acids is 2. The molecule has 148 valence electrons. The first-order chi connectivity index (χ1) is 13.6. The van der Waals surface area contributed by atoms with E-state index in [2.05, 4.69) is 6.92 Å². The summed E-state index contributed by atoms with van der Waals surface area (Å²) in [5.41, 5.74) is 1.88. The molecule has 0 spiro atoms. The van der Waals surface area contributed by atoms with E-state index in [9.17, 15) is 9.59 Å². The van der Waals surface area contributed by atoms with E-state index >= 15 is 0 Å². The Bertz CT molecular complexity index is 798. The quantitative estimate of drug-likeness (QED) is 0.743. The number of hydrogen-bond acceptors (Lipinski definition) is 3. The predicted octanol–water partition coefficient (Wildman–Crippen LogP) is 3.66. The van der Waals surface area contributed by atoms with Gasteiger partial charge in [-0.25, -0.2) is 0 Å². The van der Waals surface area contributed by atoms with Crippen molar-refractivity contribution in [3.05, 3.63) is 64.7 Å². The molecule has 0 aliphatic carbocycles. The lowest BCUT2D eigenvalue weighted by molar-refractivity contribution is -0.134. The Labute approximate surface area is 170 Å². The smallest absolute Gasteiger partial charge is 0.260 e. The summed E-state index contributed by atoms with van der Waals surface area (Å²) >= 11 is 5.87. The topological polar surface area (TPSA) is 49.9 Å². The normalized spacial score (nSPS) is 14.1. The highest BCUT2D eigenvalue weighted by Crippen LogP contribution is 2.15. The molecule has 2 amide bonds. The highest BCUT2D eigenvalue weighted by Gasteiger charge is 2.25. The Morgan fingerprint density at radius 1 is 0.929 bits per heavy atom. The van der Waals surface area contributed by atoms with E-state index in [1.165, 1.54) is 5.56 Å². The van der Waals surface area contributed by atoms with E-state index in [4.69, 9.17) is 16.3 Å². The standard InChI is InChI=1S/C22H25ClN2O3/c1-2-3-17-4-10-20(11-5-17)28-16-21(26)24-12-14-25(15-13-24)22(27)18-6-8-19(23)9-7-18/h4-11H,2-3,12-16H2,1H3. The first-order valence-electron chi connectivity index (χ1n) is 9.61. The van der Waals surface area contributed by atoms with Gasteiger partial charge in [-0.3, -0.25) is 9.59 Å². The second-order valence-corrected chi connectivity index (χ2v) is 7.30. The van der Waals surface area contributed by atoms with Crippen LogP contribution >= 0.6 is 11.6 Å². The van der Waals surface area contributed by atoms with E-state index in [1.54, 1.807) is 34.1 Å². The molecule has 5 nitrogen and oxygen atoms in total. The maximum Gasteiger partial charge on any atom is 0.260 e. The van der Waals surface area contributed by atoms with Crippen LogP contribution in [-0.2, 0) is 11.2 Å². The Hall–Kier alpha value is -2.53. The minimum Gasteiger partial charge on any atom is -0.484 e. The number of aryl methyl sites for hydroxylation is 1. The van der Waals surface area contributed by atoms with Crippen LogP contribution in [0.15, 0.2) is 48.5 Å². The summed E-state index contributed by atoms with van der Waals surface area (Å²) in [7, 11) is 0. The molecule has 0 radical (unpaired) electrons. The maximum absolute atomic E-state index is 12.5. The van der Waals surface area contributed by atoms with Gasteiger partial charge in [-0.15, -0.1) is 0 Å². The van der Waals surface area contributed by atoms with Gasteiger partial charge in [0, 0.05) is 36.8 Å². The van der Waals surface area contributed by atoms with Gasteiger partial charge in [-0.1, -0.05) is 37.1 Å². The summed E-state index contributed by atoms with van der Waals surface area (Å²) in [5.74, 6) is 0.605. The van der Waals surface area contributed by atoms with E-state index in [0.29, 0.717) is 42.5 Å². The predicted molar refractivity (Wildman–Crippen MR) is 110 cm³/mol. The fourth-order valence-electron chi connectivity index (χ4n) is 3.21. The Kier molecular flexibility index (Phi) is 6.93. The molecular weight excluding hydrogens is 376 g/mol. The molecule has 0 atom stereocenters. The van der Waals surface area contributed by atoms with Crippen molar-refractivity contribution in [2.75, 3.05) is 32.8 Å². The van der Waals surface area contributed by atoms with Crippen LogP contribution in [0.4, 0.5) is 0 Å². The summed E-state index contributed by atoms with van der Waals surface area (Å²) in [4.78, 5) is 28.4. The van der Waals surface area contributed by atoms with Crippen molar-refractivity contribution in [3.63, 3.8) is 0 Å². The number of ether oxygens (including phenoxy) is 1. The van der Waals surface area contributed by atoms with Crippen LogP contribution in [0.2, 0.25) is 5.02 Å². The molecule has 3 rings (SSSR count). The van der Waals surface area contributed by atoms with E-state index < -0.39 is 0 Å². The van der Waals surface area contributed by atoms with Gasteiger partial charge in [0.1, 0.15) is 5.75 Å². The first-order valence-corrected chi connectivity index (χ1v) is 9.99. The molecule has 28 heavy (non-hydrogen) atoms. The molecule has 1 fully saturated rings. The highest BCUT2D eigenvalue weighted by atomic mass is 35.5. The molecule has 0 saturated carbocycles. The van der Waals surface area contributed by atoms with Crippen molar-refractivity contribution in [2.24, 2.45) is 0 Å². The average molecular weight is 401 g/mol. The number of hydrogen-bond donors (Lipinski definition) is 0. The third-order valence-electron chi connectivity index (χ3n) is 4.84. The molecule has 0 N–H and O–H groups in total. The van der Waals surface area contributed by atoms with Crippen LogP contribution in [0.5, 0.6) is 5.75 Å². The Morgan fingerprint density at radius 3 is 2.14 bits per heavy atom. The molecule has 6 heteroatoms. The van der Waals surface area contributed by atoms with Gasteiger partial charge >= 0.3 is 0 Å². The first kappa shape index (κ1) is 20.2.